The van der Waals surface area contributed by atoms with Gasteiger partial charge in [0, 0.05) is 124 Å². The third kappa shape index (κ3) is 9.42. The molecular weight excluding hydrogens is 1500 g/mol. The maximum absolute atomic E-state index is 5.05. The summed E-state index contributed by atoms with van der Waals surface area (Å²) in [5.74, 6) is 1.83. The molecule has 0 saturated heterocycles. The number of para-hydroxylation sites is 3. The van der Waals surface area contributed by atoms with E-state index in [1.165, 1.54) is 134 Å². The van der Waals surface area contributed by atoms with E-state index in [2.05, 4.69) is 276 Å². The first-order valence-electron chi connectivity index (χ1n) is 38.4. The van der Waals surface area contributed by atoms with Crippen LogP contribution in [0.2, 0.25) is 0 Å². The van der Waals surface area contributed by atoms with Gasteiger partial charge in [0.15, 0.2) is 11.6 Å². The summed E-state index contributed by atoms with van der Waals surface area (Å²) in [7, 11) is 0. The molecule has 12 nitrogen and oxygen atoms in total. The molecule has 25 aromatic rings. The molecule has 11 heterocycles. The summed E-state index contributed by atoms with van der Waals surface area (Å²) in [6, 6.07) is 109. The van der Waals surface area contributed by atoms with E-state index in [1.54, 1.807) is 53.0 Å². The molecule has 0 saturated carbocycles. The Labute approximate surface area is 676 Å². The molecular formula is C100H56N12S4. The van der Waals surface area contributed by atoms with E-state index >= 15 is 0 Å². The van der Waals surface area contributed by atoms with Crippen LogP contribution in [0.25, 0.3) is 209 Å². The summed E-state index contributed by atoms with van der Waals surface area (Å²) in [6.07, 6.45) is 10.7. The number of fused-ring (bicyclic) bond motifs is 34. The largest absolute Gasteiger partial charge is 0.308 e. The zero-order chi connectivity index (χ0) is 75.8. The van der Waals surface area contributed by atoms with Gasteiger partial charge in [-0.15, -0.1) is 45.3 Å². The second-order valence-corrected chi connectivity index (χ2v) is 33.8. The van der Waals surface area contributed by atoms with Crippen molar-refractivity contribution in [1.82, 2.24) is 58.6 Å². The molecule has 14 aromatic carbocycles. The molecule has 0 atom stereocenters. The number of hydrogen-bond acceptors (Lipinski definition) is 13. The van der Waals surface area contributed by atoms with Crippen molar-refractivity contribution in [1.29, 1.82) is 0 Å². The quantitative estimate of drug-likeness (QED) is 0.165. The molecule has 0 bridgehead atoms. The second kappa shape index (κ2) is 25.3. The number of nitrogens with zero attached hydrogens (tertiary/aromatic N) is 12. The molecule has 0 aliphatic heterocycles. The maximum Gasteiger partial charge on any atom is 0.238 e. The topological polar surface area (TPSA) is 131 Å². The molecule has 0 fully saturated rings. The van der Waals surface area contributed by atoms with Gasteiger partial charge in [-0.2, -0.15) is 9.97 Å². The molecule has 0 unspecified atom stereocenters. The summed E-state index contributed by atoms with van der Waals surface area (Å²) < 4.78 is 16.6. The number of aromatic nitrogens is 12. The lowest BCUT2D eigenvalue weighted by Gasteiger charge is -2.30. The van der Waals surface area contributed by atoms with Crippen LogP contribution < -0.4 is 0 Å². The van der Waals surface area contributed by atoms with E-state index < -0.39 is 0 Å². The Bertz CT molecular complexity index is 8340. The highest BCUT2D eigenvalue weighted by atomic mass is 32.1. The van der Waals surface area contributed by atoms with Gasteiger partial charge in [-0.3, -0.25) is 4.57 Å². The molecule has 1 spiro atoms. The molecule has 2 aliphatic rings. The van der Waals surface area contributed by atoms with Crippen molar-refractivity contribution < 1.29 is 0 Å². The normalized spacial score (nSPS) is 12.7. The first-order chi connectivity index (χ1) is 57.6. The predicted octanol–water partition coefficient (Wildman–Crippen LogP) is 26.1. The lowest BCUT2D eigenvalue weighted by Crippen LogP contribution is -2.26. The zero-order valence-electron chi connectivity index (χ0n) is 61.3. The molecule has 11 aromatic heterocycles. The van der Waals surface area contributed by atoms with E-state index in [0.717, 1.165) is 79.4 Å². The standard InChI is InChI=1S/C41H23N3S.C31H18N6S.C28H15N3S2/c1-5-13-31-25(9-1)26-10-2-6-14-32(26)41(31)33-15-7-3-11-27(33)28-18-17-24(21-34(28)41)44-35-16-8-4-12-29(35)30-19-20-36-38(40(30)44)39-37(45-36)22-42-23-43-39;1-3-9-19(10-4-1)29-34-30(20-11-5-2-6-12-20)36-31(35-29)37-23-14-8-7-13-21(23)22-15-16-24-26(28(22)37)27-25(38-24)17-32-18-33-27;1-3-7-21-17(5-1)19-10-12-24-26(27-25(33-24)14-29-15-30-27)28(19)31(21)16-9-11-23-20(13-16)18-6-2-4-8-22(18)32-23/h1-23H;1-18H;1-15H. The van der Waals surface area contributed by atoms with Crippen LogP contribution >= 0.6 is 45.3 Å². The average Bonchev–Trinajstić information content (AvgIpc) is 1.50. The van der Waals surface area contributed by atoms with Crippen molar-refractivity contribution in [3.8, 4) is 62.4 Å². The average molecular weight is 1550 g/mol. The van der Waals surface area contributed by atoms with Crippen molar-refractivity contribution in [3.05, 3.63) is 363 Å². The van der Waals surface area contributed by atoms with Gasteiger partial charge in [0.1, 0.15) is 19.0 Å². The van der Waals surface area contributed by atoms with Gasteiger partial charge >= 0.3 is 0 Å². The highest BCUT2D eigenvalue weighted by Crippen LogP contribution is 2.63. The Morgan fingerprint density at radius 1 is 0.250 bits per heavy atom. The SMILES string of the molecule is c1ccc(-c2nc(-c3ccccc3)nc(-n3c4ccccc4c4ccc5sc6cncnc6c5c43)n2)cc1.c1ccc2c(c1)-c1ccccc1C21c2ccccc2-c2ccc(-n3c4ccccc4c4ccc5sc6cncnc6c5c43)cc21.c1ccc2c(c1)sc1ccc(-n3c4ccccc4c4ccc5sc6cncnc6c5c43)cc12. The van der Waals surface area contributed by atoms with Gasteiger partial charge in [-0.25, -0.2) is 34.9 Å². The lowest BCUT2D eigenvalue weighted by molar-refractivity contribution is 0.792. The van der Waals surface area contributed by atoms with Crippen molar-refractivity contribution >= 4 is 192 Å². The fourth-order valence-electron chi connectivity index (χ4n) is 18.9. The minimum Gasteiger partial charge on any atom is -0.308 e. The first-order valence-corrected chi connectivity index (χ1v) is 41.7. The van der Waals surface area contributed by atoms with Crippen molar-refractivity contribution in [3.63, 3.8) is 0 Å². The molecule has 0 N–H and O–H groups in total. The van der Waals surface area contributed by atoms with Gasteiger partial charge < -0.3 is 9.13 Å². The minimum absolute atomic E-state index is 0.383. The number of thiophene rings is 4. The van der Waals surface area contributed by atoms with Gasteiger partial charge in [-0.1, -0.05) is 231 Å². The Hall–Kier alpha value is -14.4. The minimum atomic E-state index is -0.383. The molecule has 0 amide bonds. The molecule has 16 heteroatoms. The smallest absolute Gasteiger partial charge is 0.238 e. The maximum atomic E-state index is 5.05. The van der Waals surface area contributed by atoms with E-state index in [-0.39, 0.29) is 5.41 Å². The summed E-state index contributed by atoms with van der Waals surface area (Å²) in [5.41, 5.74) is 24.4. The Morgan fingerprint density at radius 2 is 0.612 bits per heavy atom. The first kappa shape index (κ1) is 65.2. The fraction of sp³-hybridized carbons (Fsp3) is 0.0100. The van der Waals surface area contributed by atoms with E-state index in [0.29, 0.717) is 17.6 Å². The summed E-state index contributed by atoms with van der Waals surface area (Å²) in [6.45, 7) is 0. The van der Waals surface area contributed by atoms with Gasteiger partial charge in [-0.05, 0) is 117 Å². The van der Waals surface area contributed by atoms with Crippen LogP contribution in [0.15, 0.2) is 341 Å². The Balaban J connectivity index is 0.0000000987. The highest BCUT2D eigenvalue weighted by Gasteiger charge is 2.51. The molecule has 0 radical (unpaired) electrons. The molecule has 2 aliphatic carbocycles. The van der Waals surface area contributed by atoms with Gasteiger partial charge in [0.2, 0.25) is 5.95 Å². The van der Waals surface area contributed by atoms with Crippen molar-refractivity contribution in [2.45, 2.75) is 5.41 Å². The Morgan fingerprint density at radius 3 is 1.09 bits per heavy atom. The van der Waals surface area contributed by atoms with Crippen LogP contribution in [0.1, 0.15) is 22.3 Å². The summed E-state index contributed by atoms with van der Waals surface area (Å²) in [5, 5.41) is 13.4. The van der Waals surface area contributed by atoms with Crippen LogP contribution in [-0.2, 0) is 5.41 Å². The van der Waals surface area contributed by atoms with Crippen LogP contribution in [0, 0.1) is 0 Å². The summed E-state index contributed by atoms with van der Waals surface area (Å²) in [4.78, 5) is 42.1. The third-order valence-corrected chi connectivity index (χ3v) is 27.9. The van der Waals surface area contributed by atoms with Gasteiger partial charge in [0.25, 0.3) is 0 Å². The van der Waals surface area contributed by atoms with E-state index in [4.69, 9.17) is 24.9 Å². The van der Waals surface area contributed by atoms with Crippen LogP contribution in [0.3, 0.4) is 0 Å². The number of hydrogen-bond donors (Lipinski definition) is 0. The van der Waals surface area contributed by atoms with Crippen LogP contribution in [0.4, 0.5) is 0 Å². The van der Waals surface area contributed by atoms with Crippen molar-refractivity contribution in [2.24, 2.45) is 0 Å². The molecule has 116 heavy (non-hydrogen) atoms. The monoisotopic (exact) mass is 1550 g/mol. The van der Waals surface area contributed by atoms with E-state index in [1.807, 2.05) is 90.6 Å². The van der Waals surface area contributed by atoms with Crippen molar-refractivity contribution in [2.75, 3.05) is 0 Å². The Kier molecular flexibility index (Phi) is 14.2. The van der Waals surface area contributed by atoms with E-state index in [9.17, 15) is 0 Å². The third-order valence-electron chi connectivity index (χ3n) is 23.5. The van der Waals surface area contributed by atoms with Gasteiger partial charge in [0.05, 0.1) is 69.2 Å². The van der Waals surface area contributed by atoms with Crippen LogP contribution in [-0.4, -0.2) is 58.6 Å². The van der Waals surface area contributed by atoms with Crippen LogP contribution in [0.5, 0.6) is 0 Å². The molecule has 540 valence electrons. The summed E-state index contributed by atoms with van der Waals surface area (Å²) >= 11 is 7.08. The predicted molar refractivity (Wildman–Crippen MR) is 481 cm³/mol. The lowest BCUT2D eigenvalue weighted by atomic mass is 9.70. The number of rotatable bonds is 5. The number of benzene rings is 14. The highest BCUT2D eigenvalue weighted by molar-refractivity contribution is 7.27. The molecule has 27 rings (SSSR count). The zero-order valence-corrected chi connectivity index (χ0v) is 64.6. The second-order valence-electron chi connectivity index (χ2n) is 29.5. The fourth-order valence-corrected chi connectivity index (χ4v) is 23.1.